The van der Waals surface area contributed by atoms with Crippen LogP contribution >= 0.6 is 22.9 Å². The average molecular weight is 274 g/mol. The molecule has 0 saturated carbocycles. The molecule has 0 radical (unpaired) electrons. The minimum Gasteiger partial charge on any atom is -0.298 e. The number of aromatic nitrogens is 1. The molecule has 2 nitrogen and oxygen atoms in total. The summed E-state index contributed by atoms with van der Waals surface area (Å²) in [5.41, 5.74) is 2.59. The molecule has 0 aliphatic heterocycles. The van der Waals surface area contributed by atoms with E-state index in [4.69, 9.17) is 11.6 Å². The van der Waals surface area contributed by atoms with Crippen LogP contribution in [0.4, 0.5) is 0 Å². The van der Waals surface area contributed by atoms with Crippen molar-refractivity contribution in [2.75, 3.05) is 0 Å². The first-order valence-corrected chi connectivity index (χ1v) is 6.57. The number of pyridine rings is 1. The molecule has 0 spiro atoms. The Hall–Kier alpha value is -1.71. The van der Waals surface area contributed by atoms with E-state index in [1.165, 1.54) is 11.3 Å². The number of hydrogen-bond donors (Lipinski definition) is 0. The number of rotatable bonds is 2. The first kappa shape index (κ1) is 11.4. The van der Waals surface area contributed by atoms with E-state index in [1.807, 2.05) is 30.3 Å². The van der Waals surface area contributed by atoms with Gasteiger partial charge in [0.2, 0.25) is 0 Å². The molecule has 0 N–H and O–H groups in total. The average Bonchev–Trinajstić information content (AvgIpc) is 2.84. The number of benzene rings is 1. The topological polar surface area (TPSA) is 30.0 Å². The van der Waals surface area contributed by atoms with Crippen molar-refractivity contribution in [3.63, 3.8) is 0 Å². The summed E-state index contributed by atoms with van der Waals surface area (Å²) in [6, 6.07) is 11.3. The maximum atomic E-state index is 10.9. The molecule has 0 aliphatic carbocycles. The number of halogens is 1. The summed E-state index contributed by atoms with van der Waals surface area (Å²) in [4.78, 5) is 16.2. The van der Waals surface area contributed by atoms with Gasteiger partial charge in [-0.25, -0.2) is 0 Å². The van der Waals surface area contributed by atoms with Crippen LogP contribution in [0.3, 0.4) is 0 Å². The van der Waals surface area contributed by atoms with Gasteiger partial charge in [0.25, 0.3) is 0 Å². The van der Waals surface area contributed by atoms with Gasteiger partial charge in [-0.1, -0.05) is 11.6 Å². The van der Waals surface area contributed by atoms with Gasteiger partial charge in [-0.15, -0.1) is 11.3 Å². The molecule has 1 aromatic carbocycles. The fourth-order valence-electron chi connectivity index (χ4n) is 1.91. The number of fused-ring (bicyclic) bond motifs is 1. The molecular formula is C14H8ClNOS. The molecule has 3 aromatic rings. The number of thiophene rings is 1. The molecule has 0 saturated heterocycles. The van der Waals surface area contributed by atoms with Crippen LogP contribution in [0.15, 0.2) is 42.6 Å². The van der Waals surface area contributed by atoms with Crippen molar-refractivity contribution < 1.29 is 4.79 Å². The quantitative estimate of drug-likeness (QED) is 0.647. The lowest BCUT2D eigenvalue weighted by Crippen LogP contribution is -1.85. The number of nitrogens with zero attached hydrogens (tertiary/aromatic N) is 1. The van der Waals surface area contributed by atoms with Crippen LogP contribution in [0.1, 0.15) is 10.4 Å². The minimum atomic E-state index is 0.652. The lowest BCUT2D eigenvalue weighted by molar-refractivity contribution is 0.112. The summed E-state index contributed by atoms with van der Waals surface area (Å²) < 4.78 is 0.751. The molecule has 2 heterocycles. The van der Waals surface area contributed by atoms with Gasteiger partial charge in [0, 0.05) is 27.6 Å². The summed E-state index contributed by atoms with van der Waals surface area (Å²) in [6.07, 6.45) is 2.61. The van der Waals surface area contributed by atoms with E-state index >= 15 is 0 Å². The molecule has 3 rings (SSSR count). The van der Waals surface area contributed by atoms with Crippen molar-refractivity contribution in [1.82, 2.24) is 4.98 Å². The van der Waals surface area contributed by atoms with E-state index in [-0.39, 0.29) is 0 Å². The van der Waals surface area contributed by atoms with Gasteiger partial charge in [-0.3, -0.25) is 9.78 Å². The van der Waals surface area contributed by atoms with Crippen LogP contribution in [0, 0.1) is 0 Å². The lowest BCUT2D eigenvalue weighted by Gasteiger charge is -2.04. The Kier molecular flexibility index (Phi) is 2.86. The van der Waals surface area contributed by atoms with Crippen LogP contribution in [-0.4, -0.2) is 11.3 Å². The summed E-state index contributed by atoms with van der Waals surface area (Å²) in [5, 5.41) is 0.973. The third kappa shape index (κ3) is 1.92. The molecule has 0 atom stereocenters. The maximum absolute atomic E-state index is 10.9. The summed E-state index contributed by atoms with van der Waals surface area (Å²) in [6.45, 7) is 0. The van der Waals surface area contributed by atoms with Crippen molar-refractivity contribution >= 4 is 40.1 Å². The largest absolute Gasteiger partial charge is 0.298 e. The second kappa shape index (κ2) is 4.52. The third-order valence-corrected chi connectivity index (χ3v) is 4.00. The Bertz CT molecular complexity index is 735. The smallest absolute Gasteiger partial charge is 0.150 e. The predicted octanol–water partition coefficient (Wildman–Crippen LogP) is 4.43. The minimum absolute atomic E-state index is 0.652. The van der Waals surface area contributed by atoms with E-state index in [2.05, 4.69) is 4.98 Å². The van der Waals surface area contributed by atoms with E-state index in [0.29, 0.717) is 5.56 Å². The highest BCUT2D eigenvalue weighted by molar-refractivity contribution is 7.19. The molecule has 2 aromatic heterocycles. The molecule has 0 amide bonds. The fraction of sp³-hybridized carbons (Fsp3) is 0. The van der Waals surface area contributed by atoms with Crippen LogP contribution in [0.25, 0.3) is 21.3 Å². The zero-order valence-corrected chi connectivity index (χ0v) is 10.8. The normalized spacial score (nSPS) is 10.7. The van der Waals surface area contributed by atoms with Gasteiger partial charge in [-0.05, 0) is 36.4 Å². The van der Waals surface area contributed by atoms with Gasteiger partial charge in [0.15, 0.2) is 0 Å². The molecular weight excluding hydrogens is 266 g/mol. The molecule has 0 fully saturated rings. The fourth-order valence-corrected chi connectivity index (χ4v) is 2.99. The Labute approximate surface area is 113 Å². The van der Waals surface area contributed by atoms with Gasteiger partial charge in [-0.2, -0.15) is 0 Å². The van der Waals surface area contributed by atoms with Gasteiger partial charge >= 0.3 is 0 Å². The van der Waals surface area contributed by atoms with E-state index in [0.717, 1.165) is 32.0 Å². The van der Waals surface area contributed by atoms with Crippen molar-refractivity contribution in [2.24, 2.45) is 0 Å². The highest BCUT2D eigenvalue weighted by atomic mass is 35.5. The number of hydrogen-bond acceptors (Lipinski definition) is 3. The molecule has 4 heteroatoms. The standard InChI is InChI=1S/C14H8ClNOS/c15-14-4-3-13(18-14)10-5-6-16-12-2-1-9(8-17)7-11(10)12/h1-8H. The van der Waals surface area contributed by atoms with Crippen LogP contribution in [-0.2, 0) is 0 Å². The monoisotopic (exact) mass is 273 g/mol. The first-order valence-electron chi connectivity index (χ1n) is 5.37. The Morgan fingerprint density at radius 1 is 1.17 bits per heavy atom. The van der Waals surface area contributed by atoms with Crippen LogP contribution < -0.4 is 0 Å². The van der Waals surface area contributed by atoms with Crippen molar-refractivity contribution in [2.45, 2.75) is 0 Å². The Balaban J connectivity index is 2.31. The zero-order valence-electron chi connectivity index (χ0n) is 9.26. The summed E-state index contributed by atoms with van der Waals surface area (Å²) in [7, 11) is 0. The highest BCUT2D eigenvalue weighted by Gasteiger charge is 2.07. The molecule has 0 bridgehead atoms. The van der Waals surface area contributed by atoms with E-state index in [1.54, 1.807) is 12.3 Å². The third-order valence-electron chi connectivity index (χ3n) is 2.74. The molecule has 0 unspecified atom stereocenters. The van der Waals surface area contributed by atoms with Crippen LogP contribution in [0.5, 0.6) is 0 Å². The SMILES string of the molecule is O=Cc1ccc2nccc(-c3ccc(Cl)s3)c2c1. The van der Waals surface area contributed by atoms with Gasteiger partial charge < -0.3 is 0 Å². The molecule has 0 aliphatic rings. The van der Waals surface area contributed by atoms with Crippen molar-refractivity contribution in [3.8, 4) is 10.4 Å². The van der Waals surface area contributed by atoms with Crippen molar-refractivity contribution in [3.05, 3.63) is 52.5 Å². The zero-order chi connectivity index (χ0) is 12.5. The summed E-state index contributed by atoms with van der Waals surface area (Å²) >= 11 is 7.49. The maximum Gasteiger partial charge on any atom is 0.150 e. The van der Waals surface area contributed by atoms with Gasteiger partial charge in [0.05, 0.1) is 9.85 Å². The lowest BCUT2D eigenvalue weighted by atomic mass is 10.1. The second-order valence-corrected chi connectivity index (χ2v) is 5.57. The first-order chi connectivity index (χ1) is 8.78. The Morgan fingerprint density at radius 2 is 2.06 bits per heavy atom. The number of carbonyl (C=O) groups excluding carboxylic acids is 1. The predicted molar refractivity (Wildman–Crippen MR) is 75.5 cm³/mol. The molecule has 88 valence electrons. The molecule has 18 heavy (non-hydrogen) atoms. The number of carbonyl (C=O) groups is 1. The second-order valence-electron chi connectivity index (χ2n) is 3.86. The highest BCUT2D eigenvalue weighted by Crippen LogP contribution is 2.34. The summed E-state index contributed by atoms with van der Waals surface area (Å²) in [5.74, 6) is 0. The van der Waals surface area contributed by atoms with Gasteiger partial charge in [0.1, 0.15) is 6.29 Å². The van der Waals surface area contributed by atoms with E-state index in [9.17, 15) is 4.79 Å². The van der Waals surface area contributed by atoms with Crippen LogP contribution in [0.2, 0.25) is 4.34 Å². The Morgan fingerprint density at radius 3 is 2.78 bits per heavy atom. The van der Waals surface area contributed by atoms with Crippen molar-refractivity contribution in [1.29, 1.82) is 0 Å². The number of aldehydes is 1. The van der Waals surface area contributed by atoms with E-state index < -0.39 is 0 Å².